The lowest BCUT2D eigenvalue weighted by atomic mass is 9.66. The molecule has 1 saturated carbocycles. The van der Waals surface area contributed by atoms with Gasteiger partial charge in [0, 0.05) is 17.6 Å². The molecule has 100 valence electrons. The van der Waals surface area contributed by atoms with Crippen molar-refractivity contribution in [3.63, 3.8) is 0 Å². The molecule has 2 aliphatic rings. The Morgan fingerprint density at radius 3 is 2.18 bits per heavy atom. The molecule has 2 N–H and O–H groups in total. The zero-order valence-corrected chi connectivity index (χ0v) is 12.2. The van der Waals surface area contributed by atoms with Crippen LogP contribution in [0.1, 0.15) is 66.2 Å². The summed E-state index contributed by atoms with van der Waals surface area (Å²) < 4.78 is 0. The van der Waals surface area contributed by atoms with Gasteiger partial charge < -0.3 is 5.73 Å². The Kier molecular flexibility index (Phi) is 3.33. The maximum Gasteiger partial charge on any atom is 0.0342 e. The third-order valence-corrected chi connectivity index (χ3v) is 5.16. The molecule has 1 heterocycles. The minimum atomic E-state index is 0.280. The van der Waals surface area contributed by atoms with Crippen molar-refractivity contribution in [1.82, 2.24) is 4.90 Å². The van der Waals surface area contributed by atoms with Crippen LogP contribution < -0.4 is 5.73 Å². The van der Waals surface area contributed by atoms with E-state index in [1.807, 2.05) is 0 Å². The lowest BCUT2D eigenvalue weighted by Gasteiger charge is -2.54. The highest BCUT2D eigenvalue weighted by Crippen LogP contribution is 2.47. The van der Waals surface area contributed by atoms with E-state index >= 15 is 0 Å². The van der Waals surface area contributed by atoms with Crippen molar-refractivity contribution in [2.75, 3.05) is 13.1 Å². The predicted molar refractivity (Wildman–Crippen MR) is 74.1 cm³/mol. The predicted octanol–water partition coefficient (Wildman–Crippen LogP) is 3.16. The van der Waals surface area contributed by atoms with E-state index in [1.54, 1.807) is 0 Å². The number of rotatable bonds is 2. The van der Waals surface area contributed by atoms with Gasteiger partial charge in [0.15, 0.2) is 0 Å². The summed E-state index contributed by atoms with van der Waals surface area (Å²) >= 11 is 0. The molecule has 0 radical (unpaired) electrons. The highest BCUT2D eigenvalue weighted by molar-refractivity contribution is 5.05. The second-order valence-corrected chi connectivity index (χ2v) is 7.69. The molecule has 0 aromatic carbocycles. The van der Waals surface area contributed by atoms with Crippen molar-refractivity contribution in [3.8, 4) is 0 Å². The molecule has 1 saturated heterocycles. The zero-order chi connectivity index (χ0) is 12.7. The van der Waals surface area contributed by atoms with E-state index < -0.39 is 0 Å². The van der Waals surface area contributed by atoms with Crippen molar-refractivity contribution in [3.05, 3.63) is 0 Å². The topological polar surface area (TPSA) is 29.3 Å². The Hall–Kier alpha value is -0.0800. The summed E-state index contributed by atoms with van der Waals surface area (Å²) in [6.07, 6.45) is 7.96. The normalized spacial score (nSPS) is 37.2. The Balaban J connectivity index is 2.25. The lowest BCUT2D eigenvalue weighted by molar-refractivity contribution is -0.0264. The van der Waals surface area contributed by atoms with Crippen molar-refractivity contribution in [1.29, 1.82) is 0 Å². The molecule has 2 nitrogen and oxygen atoms in total. The van der Waals surface area contributed by atoms with Gasteiger partial charge in [-0.2, -0.15) is 0 Å². The maximum absolute atomic E-state index is 6.22. The summed E-state index contributed by atoms with van der Waals surface area (Å²) in [5, 5.41) is 0. The molecule has 1 unspecified atom stereocenters. The number of hydrogen-bond acceptors (Lipinski definition) is 2. The minimum absolute atomic E-state index is 0.280. The van der Waals surface area contributed by atoms with Gasteiger partial charge in [-0.3, -0.25) is 4.90 Å². The van der Waals surface area contributed by atoms with E-state index in [0.717, 1.165) is 6.54 Å². The molecule has 0 bridgehead atoms. The zero-order valence-electron chi connectivity index (χ0n) is 12.2. The number of hydrogen-bond donors (Lipinski definition) is 1. The van der Waals surface area contributed by atoms with Gasteiger partial charge in [-0.05, 0) is 57.9 Å². The fraction of sp³-hybridized carbons (Fsp3) is 1.00. The van der Waals surface area contributed by atoms with Crippen LogP contribution in [-0.4, -0.2) is 29.1 Å². The molecule has 2 rings (SSSR count). The molecule has 0 aromatic rings. The van der Waals surface area contributed by atoms with Gasteiger partial charge in [0.1, 0.15) is 0 Å². The van der Waals surface area contributed by atoms with E-state index in [2.05, 4.69) is 32.6 Å². The average molecular weight is 238 g/mol. The van der Waals surface area contributed by atoms with E-state index in [4.69, 9.17) is 5.73 Å². The summed E-state index contributed by atoms with van der Waals surface area (Å²) in [7, 11) is 0. The standard InChI is InChI=1S/C15H30N2/c1-13(2)7-5-9-15(11-13,12-16)17-10-6-8-14(17,3)4/h5-12,16H2,1-4H3. The molecule has 2 heteroatoms. The summed E-state index contributed by atoms with van der Waals surface area (Å²) in [5.41, 5.74) is 7.32. The quantitative estimate of drug-likeness (QED) is 0.800. The van der Waals surface area contributed by atoms with Crippen LogP contribution in [-0.2, 0) is 0 Å². The van der Waals surface area contributed by atoms with Crippen LogP contribution in [0.25, 0.3) is 0 Å². The molecule has 1 aliphatic carbocycles. The molecule has 1 aliphatic heterocycles. The van der Waals surface area contributed by atoms with Crippen molar-refractivity contribution < 1.29 is 0 Å². The third-order valence-electron chi connectivity index (χ3n) is 5.16. The van der Waals surface area contributed by atoms with E-state index in [9.17, 15) is 0 Å². The van der Waals surface area contributed by atoms with Gasteiger partial charge in [0.2, 0.25) is 0 Å². The Labute approximate surface area is 107 Å². The van der Waals surface area contributed by atoms with Crippen LogP contribution in [0.5, 0.6) is 0 Å². The third kappa shape index (κ3) is 2.39. The highest BCUT2D eigenvalue weighted by Gasteiger charge is 2.49. The summed E-state index contributed by atoms with van der Waals surface area (Å²) in [6.45, 7) is 11.7. The summed E-state index contributed by atoms with van der Waals surface area (Å²) in [5.74, 6) is 0. The van der Waals surface area contributed by atoms with Gasteiger partial charge in [-0.25, -0.2) is 0 Å². The first-order valence-electron chi connectivity index (χ1n) is 7.29. The van der Waals surface area contributed by atoms with E-state index in [0.29, 0.717) is 11.0 Å². The Bertz CT molecular complexity index is 283. The molecule has 17 heavy (non-hydrogen) atoms. The molecule has 0 aromatic heterocycles. The van der Waals surface area contributed by atoms with E-state index in [-0.39, 0.29) is 5.54 Å². The molecular weight excluding hydrogens is 208 g/mol. The maximum atomic E-state index is 6.22. The summed E-state index contributed by atoms with van der Waals surface area (Å²) in [4.78, 5) is 2.75. The summed E-state index contributed by atoms with van der Waals surface area (Å²) in [6, 6.07) is 0. The number of nitrogens with zero attached hydrogens (tertiary/aromatic N) is 1. The monoisotopic (exact) mass is 238 g/mol. The van der Waals surface area contributed by atoms with Crippen LogP contribution in [0, 0.1) is 5.41 Å². The smallest absolute Gasteiger partial charge is 0.0342 e. The fourth-order valence-corrected chi connectivity index (χ4v) is 4.47. The first kappa shape index (κ1) is 13.4. The number of likely N-dealkylation sites (tertiary alicyclic amines) is 1. The molecule has 1 atom stereocenters. The molecule has 2 fully saturated rings. The van der Waals surface area contributed by atoms with Crippen LogP contribution in [0.3, 0.4) is 0 Å². The van der Waals surface area contributed by atoms with E-state index in [1.165, 1.54) is 45.1 Å². The Morgan fingerprint density at radius 2 is 1.71 bits per heavy atom. The molecular formula is C15H30N2. The first-order valence-corrected chi connectivity index (χ1v) is 7.29. The molecule has 0 spiro atoms. The van der Waals surface area contributed by atoms with Gasteiger partial charge in [0.25, 0.3) is 0 Å². The number of nitrogens with two attached hydrogens (primary N) is 1. The van der Waals surface area contributed by atoms with Crippen molar-refractivity contribution in [2.45, 2.75) is 77.3 Å². The fourth-order valence-electron chi connectivity index (χ4n) is 4.47. The van der Waals surface area contributed by atoms with Crippen molar-refractivity contribution in [2.24, 2.45) is 11.1 Å². The van der Waals surface area contributed by atoms with Gasteiger partial charge in [0.05, 0.1) is 0 Å². The van der Waals surface area contributed by atoms with Gasteiger partial charge >= 0.3 is 0 Å². The van der Waals surface area contributed by atoms with Crippen molar-refractivity contribution >= 4 is 0 Å². The minimum Gasteiger partial charge on any atom is -0.329 e. The molecule has 0 amide bonds. The SMILES string of the molecule is CC1(C)CCCC(CN)(N2CCCC2(C)C)C1. The Morgan fingerprint density at radius 1 is 1.00 bits per heavy atom. The van der Waals surface area contributed by atoms with Gasteiger partial charge in [-0.15, -0.1) is 0 Å². The largest absolute Gasteiger partial charge is 0.329 e. The lowest BCUT2D eigenvalue weighted by Crippen LogP contribution is -2.61. The van der Waals surface area contributed by atoms with Crippen LogP contribution in [0.15, 0.2) is 0 Å². The highest BCUT2D eigenvalue weighted by atomic mass is 15.3. The average Bonchev–Trinajstić information content (AvgIpc) is 2.57. The van der Waals surface area contributed by atoms with Crippen LogP contribution >= 0.6 is 0 Å². The first-order chi connectivity index (χ1) is 7.81. The van der Waals surface area contributed by atoms with Crippen LogP contribution in [0.2, 0.25) is 0 Å². The second kappa shape index (κ2) is 4.24. The van der Waals surface area contributed by atoms with Gasteiger partial charge in [-0.1, -0.05) is 20.3 Å². The second-order valence-electron chi connectivity index (χ2n) is 7.69. The van der Waals surface area contributed by atoms with Crippen LogP contribution in [0.4, 0.5) is 0 Å².